The van der Waals surface area contributed by atoms with Crippen LogP contribution in [0.5, 0.6) is 0 Å². The number of aliphatic hydroxyl groups excluding tert-OH is 1. The molecule has 0 radical (unpaired) electrons. The highest BCUT2D eigenvalue weighted by Crippen LogP contribution is 2.24. The minimum absolute atomic E-state index is 0.0433. The Hall–Kier alpha value is -0.950. The molecule has 1 saturated carbocycles. The molecule has 5 N–H and O–H groups in total. The number of amides is 1. The van der Waals surface area contributed by atoms with Crippen LogP contribution in [0.1, 0.15) is 45.4 Å². The first-order valence-electron chi connectivity index (χ1n) is 8.83. The van der Waals surface area contributed by atoms with Crippen LogP contribution < -0.4 is 16.5 Å². The molecule has 0 spiro atoms. The van der Waals surface area contributed by atoms with Crippen molar-refractivity contribution in [3.8, 4) is 0 Å². The highest BCUT2D eigenvalue weighted by Gasteiger charge is 2.28. The van der Waals surface area contributed by atoms with Gasteiger partial charge in [0.05, 0.1) is 6.04 Å². The zero-order valence-corrected chi connectivity index (χ0v) is 14.3. The number of hydrogen-bond donors (Lipinski definition) is 4. The van der Waals surface area contributed by atoms with Gasteiger partial charge in [-0.3, -0.25) is 10.2 Å². The van der Waals surface area contributed by atoms with Crippen LogP contribution in [0.15, 0.2) is 12.2 Å². The Bertz CT molecular complexity index is 409. The number of hydrazine groups is 1. The van der Waals surface area contributed by atoms with E-state index in [4.69, 9.17) is 5.73 Å². The van der Waals surface area contributed by atoms with Crippen LogP contribution >= 0.6 is 0 Å². The Morgan fingerprint density at radius 2 is 2.13 bits per heavy atom. The van der Waals surface area contributed by atoms with Crippen molar-refractivity contribution in [1.82, 2.24) is 15.8 Å². The monoisotopic (exact) mass is 324 g/mol. The molecule has 0 aromatic rings. The Labute approximate surface area is 139 Å². The Morgan fingerprint density at radius 1 is 1.43 bits per heavy atom. The number of hydrogen-bond acceptors (Lipinski definition) is 5. The van der Waals surface area contributed by atoms with Crippen LogP contribution in [-0.2, 0) is 4.79 Å². The third-order valence-corrected chi connectivity index (χ3v) is 4.96. The maximum absolute atomic E-state index is 12.1. The van der Waals surface area contributed by atoms with E-state index in [1.54, 1.807) is 6.92 Å². The van der Waals surface area contributed by atoms with Gasteiger partial charge in [-0.05, 0) is 25.7 Å². The van der Waals surface area contributed by atoms with Crippen LogP contribution in [0.3, 0.4) is 0 Å². The van der Waals surface area contributed by atoms with Crippen LogP contribution in [0.25, 0.3) is 0 Å². The number of carbonyl (C=O) groups is 1. The van der Waals surface area contributed by atoms with Gasteiger partial charge in [-0.2, -0.15) is 0 Å². The van der Waals surface area contributed by atoms with E-state index in [0.717, 1.165) is 31.1 Å². The van der Waals surface area contributed by atoms with Gasteiger partial charge in [0, 0.05) is 32.1 Å². The molecule has 132 valence electrons. The summed E-state index contributed by atoms with van der Waals surface area (Å²) in [5.41, 5.74) is 9.96. The number of rotatable bonds is 7. The van der Waals surface area contributed by atoms with Crippen LogP contribution in [0.2, 0.25) is 0 Å². The predicted octanol–water partition coefficient (Wildman–Crippen LogP) is 0.526. The second-order valence-corrected chi connectivity index (χ2v) is 7.18. The fourth-order valence-electron chi connectivity index (χ4n) is 3.40. The molecule has 0 bridgehead atoms. The molecule has 23 heavy (non-hydrogen) atoms. The molecule has 3 atom stereocenters. The minimum atomic E-state index is -1.07. The highest BCUT2D eigenvalue weighted by atomic mass is 16.3. The summed E-state index contributed by atoms with van der Waals surface area (Å²) in [6, 6.07) is -0.304. The number of nitrogens with two attached hydrogens (primary N) is 1. The number of nitrogens with one attached hydrogen (secondary N) is 2. The average Bonchev–Trinajstić information content (AvgIpc) is 2.95. The van der Waals surface area contributed by atoms with E-state index in [0.29, 0.717) is 0 Å². The van der Waals surface area contributed by atoms with Crippen molar-refractivity contribution in [2.75, 3.05) is 19.6 Å². The molecule has 0 aromatic heterocycles. The standard InChI is InChI=1S/C17H32N4O2/c1-12(2)15(18)8-16(22)17(23)20-14-9-19-21(11-14)10-13-6-4-3-5-7-13/h13-16,19,22H,1,3-11,18H2,2H3,(H,20,23). The lowest BCUT2D eigenvalue weighted by molar-refractivity contribution is -0.130. The normalized spacial score (nSPS) is 26.0. The van der Waals surface area contributed by atoms with E-state index in [-0.39, 0.29) is 24.4 Å². The summed E-state index contributed by atoms with van der Waals surface area (Å²) in [6.07, 6.45) is 5.81. The lowest BCUT2D eigenvalue weighted by atomic mass is 9.89. The SMILES string of the molecule is C=C(C)C(N)CC(O)C(=O)NC1CNN(CC2CCCCC2)C1. The lowest BCUT2D eigenvalue weighted by Crippen LogP contribution is -2.45. The fraction of sp³-hybridized carbons (Fsp3) is 0.824. The molecule has 1 heterocycles. The molecule has 1 saturated heterocycles. The molecule has 6 nitrogen and oxygen atoms in total. The van der Waals surface area contributed by atoms with Crippen molar-refractivity contribution in [1.29, 1.82) is 0 Å². The summed E-state index contributed by atoms with van der Waals surface area (Å²) in [5, 5.41) is 15.1. The smallest absolute Gasteiger partial charge is 0.249 e. The third kappa shape index (κ3) is 5.88. The molecule has 1 amide bonds. The predicted molar refractivity (Wildman–Crippen MR) is 91.5 cm³/mol. The minimum Gasteiger partial charge on any atom is -0.383 e. The van der Waals surface area contributed by atoms with Gasteiger partial charge in [0.25, 0.3) is 0 Å². The summed E-state index contributed by atoms with van der Waals surface area (Å²) < 4.78 is 0. The van der Waals surface area contributed by atoms with Crippen LogP contribution in [0, 0.1) is 5.92 Å². The van der Waals surface area contributed by atoms with Crippen molar-refractivity contribution in [3.05, 3.63) is 12.2 Å². The first-order valence-corrected chi connectivity index (χ1v) is 8.83. The van der Waals surface area contributed by atoms with Gasteiger partial charge in [-0.25, -0.2) is 5.01 Å². The molecule has 1 aliphatic heterocycles. The van der Waals surface area contributed by atoms with E-state index in [1.165, 1.54) is 32.1 Å². The first-order chi connectivity index (χ1) is 11.0. The second kappa shape index (κ2) is 8.78. The summed E-state index contributed by atoms with van der Waals surface area (Å²) in [5.74, 6) is 0.429. The van der Waals surface area contributed by atoms with Crippen molar-refractivity contribution < 1.29 is 9.90 Å². The first kappa shape index (κ1) is 18.4. The molecular formula is C17H32N4O2. The molecule has 2 fully saturated rings. The van der Waals surface area contributed by atoms with E-state index < -0.39 is 6.10 Å². The van der Waals surface area contributed by atoms with E-state index in [2.05, 4.69) is 22.3 Å². The van der Waals surface area contributed by atoms with Crippen molar-refractivity contribution >= 4 is 5.91 Å². The maximum atomic E-state index is 12.1. The van der Waals surface area contributed by atoms with Gasteiger partial charge in [-0.1, -0.05) is 31.4 Å². The molecule has 2 aliphatic rings. The largest absolute Gasteiger partial charge is 0.383 e. The lowest BCUT2D eigenvalue weighted by Gasteiger charge is -2.26. The van der Waals surface area contributed by atoms with Crippen molar-refractivity contribution in [2.45, 2.75) is 63.6 Å². The van der Waals surface area contributed by atoms with E-state index in [1.807, 2.05) is 0 Å². The van der Waals surface area contributed by atoms with E-state index in [9.17, 15) is 9.90 Å². The molecule has 6 heteroatoms. The van der Waals surface area contributed by atoms with E-state index >= 15 is 0 Å². The Balaban J connectivity index is 1.69. The van der Waals surface area contributed by atoms with Gasteiger partial charge < -0.3 is 16.2 Å². The summed E-state index contributed by atoms with van der Waals surface area (Å²) in [7, 11) is 0. The number of aliphatic hydroxyl groups is 1. The second-order valence-electron chi connectivity index (χ2n) is 7.18. The topological polar surface area (TPSA) is 90.6 Å². The van der Waals surface area contributed by atoms with Gasteiger partial charge >= 0.3 is 0 Å². The number of nitrogens with zero attached hydrogens (tertiary/aromatic N) is 1. The molecule has 3 unspecified atom stereocenters. The molecule has 0 aromatic carbocycles. The zero-order chi connectivity index (χ0) is 16.8. The Morgan fingerprint density at radius 3 is 2.78 bits per heavy atom. The van der Waals surface area contributed by atoms with Gasteiger partial charge in [0.15, 0.2) is 0 Å². The summed E-state index contributed by atoms with van der Waals surface area (Å²) in [4.78, 5) is 12.1. The van der Waals surface area contributed by atoms with Gasteiger partial charge in [0.2, 0.25) is 5.91 Å². The maximum Gasteiger partial charge on any atom is 0.249 e. The van der Waals surface area contributed by atoms with Gasteiger partial charge in [0.1, 0.15) is 6.10 Å². The third-order valence-electron chi connectivity index (χ3n) is 4.96. The quantitative estimate of drug-likeness (QED) is 0.513. The average molecular weight is 324 g/mol. The zero-order valence-electron chi connectivity index (χ0n) is 14.3. The molecular weight excluding hydrogens is 292 g/mol. The summed E-state index contributed by atoms with van der Waals surface area (Å²) in [6.45, 7) is 8.12. The highest BCUT2D eigenvalue weighted by molar-refractivity contribution is 5.80. The summed E-state index contributed by atoms with van der Waals surface area (Å²) >= 11 is 0. The van der Waals surface area contributed by atoms with Gasteiger partial charge in [-0.15, -0.1) is 0 Å². The number of carbonyl (C=O) groups excluding carboxylic acids is 1. The molecule has 2 rings (SSSR count). The Kier molecular flexibility index (Phi) is 7.02. The van der Waals surface area contributed by atoms with Crippen LogP contribution in [0.4, 0.5) is 0 Å². The van der Waals surface area contributed by atoms with Crippen molar-refractivity contribution in [3.63, 3.8) is 0 Å². The van der Waals surface area contributed by atoms with Crippen molar-refractivity contribution in [2.24, 2.45) is 11.7 Å². The van der Waals surface area contributed by atoms with Crippen LogP contribution in [-0.4, -0.2) is 53.8 Å². The molecule has 1 aliphatic carbocycles. The fourth-order valence-corrected chi connectivity index (χ4v) is 3.40.